The summed E-state index contributed by atoms with van der Waals surface area (Å²) in [5.41, 5.74) is -1.90. The molecular weight excluding hydrogens is 494 g/mol. The molecule has 0 aliphatic rings. The lowest BCUT2D eigenvalue weighted by Gasteiger charge is -2.09. The van der Waals surface area contributed by atoms with Crippen LogP contribution < -0.4 is 9.47 Å². The number of nitro benzene ring substituents is 2. The lowest BCUT2D eigenvalue weighted by molar-refractivity contribution is -0.387. The van der Waals surface area contributed by atoms with Gasteiger partial charge in [-0.2, -0.15) is 8.78 Å². The number of carbonyl (C=O) groups excluding carboxylic acids is 1. The average molecular weight is 498 g/mol. The van der Waals surface area contributed by atoms with Crippen molar-refractivity contribution in [1.29, 1.82) is 0 Å². The summed E-state index contributed by atoms with van der Waals surface area (Å²) < 4.78 is 36.0. The third-order valence-electron chi connectivity index (χ3n) is 2.78. The maximum absolute atomic E-state index is 13.4. The second kappa shape index (κ2) is 7.70. The van der Waals surface area contributed by atoms with E-state index in [0.717, 1.165) is 0 Å². The molecule has 2 aromatic rings. The molecule has 136 valence electrons. The highest BCUT2D eigenvalue weighted by Gasteiger charge is 2.23. The van der Waals surface area contributed by atoms with Gasteiger partial charge in [0.25, 0.3) is 0 Å². The van der Waals surface area contributed by atoms with Crippen LogP contribution in [0.25, 0.3) is 0 Å². The number of rotatable bonds is 4. The van der Waals surface area contributed by atoms with Crippen LogP contribution in [0.4, 0.5) is 25.0 Å². The van der Waals surface area contributed by atoms with Gasteiger partial charge in [0.2, 0.25) is 11.6 Å². The maximum Gasteiger partial charge on any atom is 0.519 e. The molecule has 2 aromatic carbocycles. The molecule has 2 rings (SSSR count). The third-order valence-corrected chi connectivity index (χ3v) is 4.02. The highest BCUT2D eigenvalue weighted by molar-refractivity contribution is 9.10. The van der Waals surface area contributed by atoms with Crippen molar-refractivity contribution >= 4 is 49.4 Å². The van der Waals surface area contributed by atoms with Gasteiger partial charge < -0.3 is 9.47 Å². The third kappa shape index (κ3) is 4.29. The summed E-state index contributed by atoms with van der Waals surface area (Å²) in [4.78, 5) is 31.2. The minimum Gasteiger partial charge on any atom is -0.393 e. The zero-order valence-corrected chi connectivity index (χ0v) is 15.2. The zero-order chi connectivity index (χ0) is 19.6. The van der Waals surface area contributed by atoms with Crippen molar-refractivity contribution in [2.75, 3.05) is 0 Å². The molecule has 9 nitrogen and oxygen atoms in total. The molecule has 0 fully saturated rings. The Bertz CT molecular complexity index is 866. The molecule has 0 aliphatic carbocycles. The molecule has 0 saturated heterocycles. The number of halogens is 4. The summed E-state index contributed by atoms with van der Waals surface area (Å²) in [5, 5.41) is 21.4. The lowest BCUT2D eigenvalue weighted by Crippen LogP contribution is -2.15. The van der Waals surface area contributed by atoms with Gasteiger partial charge in [0.05, 0.1) is 30.9 Å². The fourth-order valence-electron chi connectivity index (χ4n) is 1.67. The van der Waals surface area contributed by atoms with Crippen molar-refractivity contribution in [2.24, 2.45) is 0 Å². The van der Waals surface area contributed by atoms with Crippen LogP contribution in [-0.4, -0.2) is 16.0 Å². The van der Waals surface area contributed by atoms with E-state index in [1.807, 2.05) is 0 Å². The van der Waals surface area contributed by atoms with Crippen LogP contribution >= 0.6 is 31.9 Å². The number of hydrogen-bond donors (Lipinski definition) is 0. The van der Waals surface area contributed by atoms with E-state index in [2.05, 4.69) is 31.9 Å². The number of nitro groups is 2. The largest absolute Gasteiger partial charge is 0.519 e. The van der Waals surface area contributed by atoms with Crippen molar-refractivity contribution in [2.45, 2.75) is 0 Å². The fourth-order valence-corrected chi connectivity index (χ4v) is 2.47. The summed E-state index contributed by atoms with van der Waals surface area (Å²) in [5.74, 6) is -3.20. The molecule has 0 N–H and O–H groups in total. The molecule has 0 atom stereocenters. The number of ether oxygens (including phenoxy) is 2. The van der Waals surface area contributed by atoms with E-state index in [0.29, 0.717) is 24.3 Å². The van der Waals surface area contributed by atoms with E-state index in [-0.39, 0.29) is 8.95 Å². The first kappa shape index (κ1) is 19.7. The van der Waals surface area contributed by atoms with Crippen LogP contribution in [0.1, 0.15) is 0 Å². The first-order valence-corrected chi connectivity index (χ1v) is 7.85. The maximum atomic E-state index is 13.4. The molecule has 0 aromatic heterocycles. The van der Waals surface area contributed by atoms with Crippen LogP contribution in [0, 0.1) is 31.9 Å². The van der Waals surface area contributed by atoms with E-state index in [1.165, 1.54) is 0 Å². The Morgan fingerprint density at radius 2 is 1.19 bits per heavy atom. The number of benzene rings is 2. The van der Waals surface area contributed by atoms with E-state index >= 15 is 0 Å². The monoisotopic (exact) mass is 496 g/mol. The first-order valence-electron chi connectivity index (χ1n) is 6.26. The van der Waals surface area contributed by atoms with Crippen LogP contribution in [0.3, 0.4) is 0 Å². The highest BCUT2D eigenvalue weighted by atomic mass is 79.9. The Kier molecular flexibility index (Phi) is 5.82. The summed E-state index contributed by atoms with van der Waals surface area (Å²) in [7, 11) is 0. The molecule has 0 heterocycles. The van der Waals surface area contributed by atoms with Gasteiger partial charge in [-0.3, -0.25) is 20.2 Å². The SMILES string of the molecule is O=C(Oc1cc([N+](=O)[O-])c(F)cc1Br)Oc1cc([N+](=O)[O-])c(F)cc1Br. The van der Waals surface area contributed by atoms with Gasteiger partial charge in [0.15, 0.2) is 11.5 Å². The lowest BCUT2D eigenvalue weighted by atomic mass is 10.3. The average Bonchev–Trinajstić information content (AvgIpc) is 2.51. The minimum atomic E-state index is -1.45. The van der Waals surface area contributed by atoms with Gasteiger partial charge in [-0.1, -0.05) is 0 Å². The van der Waals surface area contributed by atoms with Crippen LogP contribution in [0.2, 0.25) is 0 Å². The van der Waals surface area contributed by atoms with Crippen LogP contribution in [-0.2, 0) is 0 Å². The van der Waals surface area contributed by atoms with E-state index in [9.17, 15) is 33.8 Å². The standard InChI is InChI=1S/C13H4Br2F2N2O7/c14-5-1-7(16)9(18(21)22)3-11(5)25-13(20)26-12-4-10(19(23)24)8(17)2-6(12)15/h1-4H. The quantitative estimate of drug-likeness (QED) is 0.255. The number of hydrogen-bond acceptors (Lipinski definition) is 7. The highest BCUT2D eigenvalue weighted by Crippen LogP contribution is 2.34. The second-order valence-corrected chi connectivity index (χ2v) is 6.15. The van der Waals surface area contributed by atoms with Gasteiger partial charge in [0, 0.05) is 0 Å². The summed E-state index contributed by atoms with van der Waals surface area (Å²) >= 11 is 5.71. The van der Waals surface area contributed by atoms with E-state index in [4.69, 9.17) is 9.47 Å². The first-order chi connectivity index (χ1) is 12.1. The molecule has 13 heteroatoms. The molecule has 0 bridgehead atoms. The predicted molar refractivity (Wildman–Crippen MR) is 88.2 cm³/mol. The van der Waals surface area contributed by atoms with Crippen LogP contribution in [0.15, 0.2) is 33.2 Å². The molecule has 0 unspecified atom stereocenters. The Hall–Kier alpha value is -2.67. The normalized spacial score (nSPS) is 10.3. The van der Waals surface area contributed by atoms with Gasteiger partial charge in [-0.05, 0) is 44.0 Å². The molecule has 0 spiro atoms. The molecule has 26 heavy (non-hydrogen) atoms. The number of carbonyl (C=O) groups is 1. The minimum absolute atomic E-state index is 0.123. The summed E-state index contributed by atoms with van der Waals surface area (Å²) in [6, 6.07) is 2.70. The van der Waals surface area contributed by atoms with Gasteiger partial charge in [-0.25, -0.2) is 4.79 Å². The summed E-state index contributed by atoms with van der Waals surface area (Å²) in [6.45, 7) is 0. The molecule has 0 amide bonds. The van der Waals surface area contributed by atoms with Crippen molar-refractivity contribution in [3.8, 4) is 11.5 Å². The predicted octanol–water partition coefficient (Wildman–Crippen LogP) is 4.88. The van der Waals surface area contributed by atoms with Gasteiger partial charge in [0.1, 0.15) is 0 Å². The molecular formula is C13H4Br2F2N2O7. The summed E-state index contributed by atoms with van der Waals surface area (Å²) in [6.07, 6.45) is -1.45. The van der Waals surface area contributed by atoms with Crippen molar-refractivity contribution in [3.63, 3.8) is 0 Å². The van der Waals surface area contributed by atoms with E-state index < -0.39 is 50.5 Å². The van der Waals surface area contributed by atoms with Gasteiger partial charge in [-0.15, -0.1) is 0 Å². The van der Waals surface area contributed by atoms with E-state index in [1.54, 1.807) is 0 Å². The number of nitrogens with zero attached hydrogens (tertiary/aromatic N) is 2. The molecule has 0 radical (unpaired) electrons. The second-order valence-electron chi connectivity index (χ2n) is 4.44. The van der Waals surface area contributed by atoms with Crippen LogP contribution in [0.5, 0.6) is 11.5 Å². The Labute approximate surface area is 159 Å². The van der Waals surface area contributed by atoms with Crippen molar-refractivity contribution in [1.82, 2.24) is 0 Å². The topological polar surface area (TPSA) is 122 Å². The smallest absolute Gasteiger partial charge is 0.393 e. The molecule has 0 aliphatic heterocycles. The Balaban J connectivity index is 2.27. The molecule has 0 saturated carbocycles. The van der Waals surface area contributed by atoms with Crippen molar-refractivity contribution in [3.05, 3.63) is 65.1 Å². The van der Waals surface area contributed by atoms with Gasteiger partial charge >= 0.3 is 17.5 Å². The Morgan fingerprint density at radius 3 is 1.50 bits per heavy atom. The zero-order valence-electron chi connectivity index (χ0n) is 12.1. The fraction of sp³-hybridized carbons (Fsp3) is 0. The Morgan fingerprint density at radius 1 is 0.846 bits per heavy atom. The van der Waals surface area contributed by atoms with Crippen molar-refractivity contribution < 1.29 is 32.9 Å².